The Hall–Kier alpha value is -4.05. The number of methoxy groups -OCH3 is 1. The summed E-state index contributed by atoms with van der Waals surface area (Å²) in [5.74, 6) is -0.304. The van der Waals surface area contributed by atoms with Crippen LogP contribution in [0.15, 0.2) is 71.6 Å². The molecule has 3 amide bonds. The van der Waals surface area contributed by atoms with Crippen molar-refractivity contribution < 1.29 is 22.7 Å². The lowest BCUT2D eigenvalue weighted by atomic mass is 10.1. The van der Waals surface area contributed by atoms with Crippen LogP contribution < -0.4 is 25.4 Å². The van der Waals surface area contributed by atoms with E-state index < -0.39 is 22.0 Å². The summed E-state index contributed by atoms with van der Waals surface area (Å²) in [4.78, 5) is 23.9. The molecule has 0 aliphatic carbocycles. The average Bonchev–Trinajstić information content (AvgIpc) is 3.24. The lowest BCUT2D eigenvalue weighted by Crippen LogP contribution is -2.29. The quantitative estimate of drug-likeness (QED) is 0.514. The van der Waals surface area contributed by atoms with Gasteiger partial charge in [0.15, 0.2) is 0 Å². The lowest BCUT2D eigenvalue weighted by Gasteiger charge is -2.20. The van der Waals surface area contributed by atoms with Crippen LogP contribution in [0.1, 0.15) is 15.9 Å². The molecule has 10 heteroatoms. The van der Waals surface area contributed by atoms with Crippen LogP contribution in [0, 0.1) is 0 Å². The van der Waals surface area contributed by atoms with Crippen LogP contribution in [0.3, 0.4) is 0 Å². The minimum Gasteiger partial charge on any atom is -0.496 e. The van der Waals surface area contributed by atoms with Gasteiger partial charge in [0, 0.05) is 17.9 Å². The van der Waals surface area contributed by atoms with Gasteiger partial charge in [-0.3, -0.25) is 9.10 Å². The molecule has 4 rings (SSSR count). The van der Waals surface area contributed by atoms with Gasteiger partial charge in [0.2, 0.25) is 0 Å². The number of urea groups is 1. The molecule has 0 spiro atoms. The summed E-state index contributed by atoms with van der Waals surface area (Å²) < 4.78 is 33.4. The molecule has 3 aromatic carbocycles. The third kappa shape index (κ3) is 4.46. The third-order valence-corrected chi connectivity index (χ3v) is 7.07. The molecule has 1 heterocycles. The smallest absolute Gasteiger partial charge is 0.316 e. The van der Waals surface area contributed by atoms with Crippen molar-refractivity contribution in [2.45, 2.75) is 11.3 Å². The number of fused-ring (bicyclic) bond motifs is 1. The van der Waals surface area contributed by atoms with E-state index in [-0.39, 0.29) is 16.2 Å². The summed E-state index contributed by atoms with van der Waals surface area (Å²) in [5, 5.41) is 5.13. The first-order valence-corrected chi connectivity index (χ1v) is 11.5. The number of ether oxygens (including phenoxy) is 1. The Morgan fingerprint density at radius 1 is 0.970 bits per heavy atom. The number of rotatable bonds is 6. The standard InChI is InChI=1S/C23H22N4O5S/c1-32-21-11-10-18(33(30,31)27-13-12-15-4-2-3-5-20(15)27)14-19(21)22(28)25-16-6-8-17(9-7-16)26-23(24)29/h2-11,14H,12-13H2,1H3,(H,25,28)(H3,24,26,29). The van der Waals surface area contributed by atoms with Gasteiger partial charge in [-0.05, 0) is 60.5 Å². The van der Waals surface area contributed by atoms with Crippen LogP contribution in [0.4, 0.5) is 21.9 Å². The number of hydrogen-bond acceptors (Lipinski definition) is 5. The third-order valence-electron chi connectivity index (χ3n) is 5.26. The summed E-state index contributed by atoms with van der Waals surface area (Å²) in [6, 6.07) is 17.2. The zero-order valence-corrected chi connectivity index (χ0v) is 18.6. The second-order valence-corrected chi connectivity index (χ2v) is 9.20. The molecule has 9 nitrogen and oxygen atoms in total. The largest absolute Gasteiger partial charge is 0.496 e. The fourth-order valence-corrected chi connectivity index (χ4v) is 5.22. The van der Waals surface area contributed by atoms with Crippen molar-refractivity contribution in [1.29, 1.82) is 0 Å². The van der Waals surface area contributed by atoms with Gasteiger partial charge in [-0.15, -0.1) is 0 Å². The number of primary amides is 1. The predicted molar refractivity (Wildman–Crippen MR) is 125 cm³/mol. The maximum absolute atomic E-state index is 13.4. The van der Waals surface area contributed by atoms with E-state index in [1.54, 1.807) is 36.4 Å². The fraction of sp³-hybridized carbons (Fsp3) is 0.130. The van der Waals surface area contributed by atoms with Gasteiger partial charge < -0.3 is 21.1 Å². The Kier molecular flexibility index (Phi) is 5.93. The fourth-order valence-electron chi connectivity index (χ4n) is 3.69. The van der Waals surface area contributed by atoms with E-state index in [9.17, 15) is 18.0 Å². The summed E-state index contributed by atoms with van der Waals surface area (Å²) in [7, 11) is -2.47. The minimum atomic E-state index is -3.88. The molecule has 1 aliphatic heterocycles. The van der Waals surface area contributed by atoms with Crippen molar-refractivity contribution in [3.8, 4) is 5.75 Å². The van der Waals surface area contributed by atoms with Crippen LogP contribution in [0.2, 0.25) is 0 Å². The normalized spacial score (nSPS) is 12.7. The molecule has 0 saturated carbocycles. The number of carbonyl (C=O) groups excluding carboxylic acids is 2. The minimum absolute atomic E-state index is 0.00819. The van der Waals surface area contributed by atoms with E-state index in [0.717, 1.165) is 5.56 Å². The summed E-state index contributed by atoms with van der Waals surface area (Å²) in [6.45, 7) is 0.334. The van der Waals surface area contributed by atoms with Crippen LogP contribution >= 0.6 is 0 Å². The molecule has 0 unspecified atom stereocenters. The van der Waals surface area contributed by atoms with Crippen molar-refractivity contribution in [2.24, 2.45) is 5.73 Å². The number of nitrogens with two attached hydrogens (primary N) is 1. The van der Waals surface area contributed by atoms with Crippen molar-refractivity contribution in [3.63, 3.8) is 0 Å². The number of amides is 3. The monoisotopic (exact) mass is 466 g/mol. The van der Waals surface area contributed by atoms with Gasteiger partial charge in [-0.2, -0.15) is 0 Å². The maximum Gasteiger partial charge on any atom is 0.316 e. The van der Waals surface area contributed by atoms with Crippen molar-refractivity contribution >= 4 is 39.0 Å². The number of nitrogens with one attached hydrogen (secondary N) is 2. The van der Waals surface area contributed by atoms with Gasteiger partial charge >= 0.3 is 6.03 Å². The van der Waals surface area contributed by atoms with E-state index in [1.165, 1.54) is 29.6 Å². The highest BCUT2D eigenvalue weighted by molar-refractivity contribution is 7.92. The van der Waals surface area contributed by atoms with E-state index in [4.69, 9.17) is 10.5 Å². The zero-order valence-electron chi connectivity index (χ0n) is 17.7. The molecule has 4 N–H and O–H groups in total. The van der Waals surface area contributed by atoms with Crippen molar-refractivity contribution in [3.05, 3.63) is 77.9 Å². The molecule has 1 aliphatic rings. The van der Waals surface area contributed by atoms with Crippen molar-refractivity contribution in [1.82, 2.24) is 0 Å². The maximum atomic E-state index is 13.4. The Balaban J connectivity index is 1.62. The van der Waals surface area contributed by atoms with E-state index in [0.29, 0.717) is 30.0 Å². The number of nitrogens with zero attached hydrogens (tertiary/aromatic N) is 1. The van der Waals surface area contributed by atoms with Crippen LogP contribution in [-0.4, -0.2) is 34.0 Å². The summed E-state index contributed by atoms with van der Waals surface area (Å²) in [5.41, 5.74) is 7.68. The number of hydrogen-bond donors (Lipinski definition) is 3. The molecular formula is C23H22N4O5S. The van der Waals surface area contributed by atoms with Gasteiger partial charge in [-0.25, -0.2) is 13.2 Å². The molecule has 0 radical (unpaired) electrons. The SMILES string of the molecule is COc1ccc(S(=O)(=O)N2CCc3ccccc32)cc1C(=O)Nc1ccc(NC(N)=O)cc1. The van der Waals surface area contributed by atoms with Crippen LogP contribution in [0.5, 0.6) is 5.75 Å². The van der Waals surface area contributed by atoms with Crippen molar-refractivity contribution in [2.75, 3.05) is 28.6 Å². The summed E-state index contributed by atoms with van der Waals surface area (Å²) >= 11 is 0. The predicted octanol–water partition coefficient (Wildman–Crippen LogP) is 3.19. The van der Waals surface area contributed by atoms with Gasteiger partial charge in [-0.1, -0.05) is 18.2 Å². The number of sulfonamides is 1. The Bertz CT molecular complexity index is 1320. The highest BCUT2D eigenvalue weighted by Gasteiger charge is 2.31. The second kappa shape index (κ2) is 8.83. The molecule has 3 aromatic rings. The number of carbonyl (C=O) groups is 2. The van der Waals surface area contributed by atoms with Gasteiger partial charge in [0.1, 0.15) is 5.75 Å². The van der Waals surface area contributed by atoms with Gasteiger partial charge in [0.25, 0.3) is 15.9 Å². The van der Waals surface area contributed by atoms with Crippen LogP contribution in [-0.2, 0) is 16.4 Å². The Morgan fingerprint density at radius 3 is 2.30 bits per heavy atom. The van der Waals surface area contributed by atoms with E-state index in [1.807, 2.05) is 12.1 Å². The molecule has 33 heavy (non-hydrogen) atoms. The number of anilines is 3. The lowest BCUT2D eigenvalue weighted by molar-refractivity contribution is 0.102. The number of benzene rings is 3. The first-order chi connectivity index (χ1) is 15.8. The molecule has 0 bridgehead atoms. The molecule has 0 aromatic heterocycles. The highest BCUT2D eigenvalue weighted by Crippen LogP contribution is 2.34. The second-order valence-electron chi connectivity index (χ2n) is 7.34. The van der Waals surface area contributed by atoms with Crippen LogP contribution in [0.25, 0.3) is 0 Å². The molecule has 170 valence electrons. The highest BCUT2D eigenvalue weighted by atomic mass is 32.2. The number of para-hydroxylation sites is 1. The molecule has 0 fully saturated rings. The average molecular weight is 467 g/mol. The molecule has 0 saturated heterocycles. The summed E-state index contributed by atoms with van der Waals surface area (Å²) in [6.07, 6.45) is 0.625. The zero-order chi connectivity index (χ0) is 23.6. The Labute approximate surface area is 191 Å². The van der Waals surface area contributed by atoms with Gasteiger partial charge in [0.05, 0.1) is 23.3 Å². The Morgan fingerprint density at radius 2 is 1.64 bits per heavy atom. The topological polar surface area (TPSA) is 131 Å². The first-order valence-electron chi connectivity index (χ1n) is 10.1. The first kappa shape index (κ1) is 22.2. The molecule has 0 atom stereocenters. The van der Waals surface area contributed by atoms with E-state index in [2.05, 4.69) is 10.6 Å². The molecular weight excluding hydrogens is 444 g/mol. The van der Waals surface area contributed by atoms with E-state index >= 15 is 0 Å².